The molecule has 1 saturated heterocycles. The number of benzene rings is 1. The Morgan fingerprint density at radius 2 is 2.00 bits per heavy atom. The second-order valence-corrected chi connectivity index (χ2v) is 8.65. The Morgan fingerprint density at radius 1 is 1.20 bits per heavy atom. The van der Waals surface area contributed by atoms with Crippen LogP contribution < -0.4 is 9.47 Å². The molecule has 1 heterocycles. The summed E-state index contributed by atoms with van der Waals surface area (Å²) in [5.41, 5.74) is 1.09. The maximum absolute atomic E-state index is 11.9. The molecule has 1 unspecified atom stereocenters. The van der Waals surface area contributed by atoms with Crippen molar-refractivity contribution in [2.75, 3.05) is 47.4 Å². The van der Waals surface area contributed by atoms with E-state index in [9.17, 15) is 9.90 Å². The van der Waals surface area contributed by atoms with E-state index in [1.54, 1.807) is 18.1 Å². The van der Waals surface area contributed by atoms with Crippen molar-refractivity contribution in [1.29, 1.82) is 0 Å². The smallest absolute Gasteiger partial charge is 0.325 e. The lowest BCUT2D eigenvalue weighted by atomic mass is 9.91. The highest BCUT2D eigenvalue weighted by Gasteiger charge is 2.34. The molecule has 1 aliphatic heterocycles. The predicted octanol–water partition coefficient (Wildman–Crippen LogP) is 2.10. The maximum Gasteiger partial charge on any atom is 0.325 e. The molecule has 2 aliphatic rings. The second kappa shape index (κ2) is 11.1. The number of ether oxygens (including phenoxy) is 3. The summed E-state index contributed by atoms with van der Waals surface area (Å²) in [6.45, 7) is 2.60. The van der Waals surface area contributed by atoms with Crippen molar-refractivity contribution in [3.63, 3.8) is 0 Å². The number of hydrogen-bond donors (Lipinski definition) is 1. The van der Waals surface area contributed by atoms with Gasteiger partial charge in [-0.15, -0.1) is 0 Å². The lowest BCUT2D eigenvalue weighted by Crippen LogP contribution is -2.46. The summed E-state index contributed by atoms with van der Waals surface area (Å²) in [4.78, 5) is 16.1. The van der Waals surface area contributed by atoms with E-state index in [-0.39, 0.29) is 24.7 Å². The molecule has 0 amide bonds. The molecule has 1 aromatic carbocycles. The molecule has 1 aliphatic carbocycles. The highest BCUT2D eigenvalue weighted by molar-refractivity contribution is 5.75. The summed E-state index contributed by atoms with van der Waals surface area (Å²) >= 11 is 0. The van der Waals surface area contributed by atoms with Gasteiger partial charge in [0.05, 0.1) is 32.5 Å². The Balaban J connectivity index is 1.52. The molecule has 3 rings (SSSR count). The topological polar surface area (TPSA) is 71.5 Å². The lowest BCUT2D eigenvalue weighted by molar-refractivity contribution is -0.135. The van der Waals surface area contributed by atoms with Crippen LogP contribution >= 0.6 is 0 Å². The average molecular weight is 421 g/mol. The number of carbonyl (C=O) groups is 1. The molecule has 1 aromatic rings. The van der Waals surface area contributed by atoms with E-state index >= 15 is 0 Å². The number of carbonyl (C=O) groups excluding carboxylic acids is 1. The van der Waals surface area contributed by atoms with Crippen LogP contribution in [0.4, 0.5) is 0 Å². The first-order chi connectivity index (χ1) is 14.5. The number of likely N-dealkylation sites (tertiary alicyclic amines) is 1. The quantitative estimate of drug-likeness (QED) is 0.485. The van der Waals surface area contributed by atoms with E-state index in [0.29, 0.717) is 24.1 Å². The first-order valence-electron chi connectivity index (χ1n) is 11.0. The minimum Gasteiger partial charge on any atom is -0.493 e. The van der Waals surface area contributed by atoms with E-state index in [1.165, 1.54) is 12.8 Å². The molecule has 1 N–H and O–H groups in total. The van der Waals surface area contributed by atoms with Gasteiger partial charge in [-0.2, -0.15) is 0 Å². The van der Waals surface area contributed by atoms with E-state index in [0.717, 1.165) is 44.3 Å². The van der Waals surface area contributed by atoms with Gasteiger partial charge < -0.3 is 19.3 Å². The van der Waals surface area contributed by atoms with Crippen molar-refractivity contribution in [1.82, 2.24) is 9.80 Å². The van der Waals surface area contributed by atoms with Crippen LogP contribution in [-0.2, 0) is 16.0 Å². The van der Waals surface area contributed by atoms with Gasteiger partial charge in [-0.25, -0.2) is 0 Å². The third-order valence-corrected chi connectivity index (χ3v) is 5.95. The van der Waals surface area contributed by atoms with Crippen LogP contribution in [0.15, 0.2) is 18.2 Å². The fourth-order valence-corrected chi connectivity index (χ4v) is 4.45. The zero-order valence-corrected chi connectivity index (χ0v) is 18.5. The molecular weight excluding hydrogens is 384 g/mol. The van der Waals surface area contributed by atoms with Gasteiger partial charge in [0.25, 0.3) is 0 Å². The lowest BCUT2D eigenvalue weighted by Gasteiger charge is -2.37. The summed E-state index contributed by atoms with van der Waals surface area (Å²) in [6.07, 6.45) is 6.37. The molecule has 2 fully saturated rings. The molecule has 7 heteroatoms. The highest BCUT2D eigenvalue weighted by Crippen LogP contribution is 2.30. The summed E-state index contributed by atoms with van der Waals surface area (Å²) in [5.74, 6) is 0.680. The molecule has 3 atom stereocenters. The molecule has 0 spiro atoms. The Morgan fingerprint density at radius 3 is 2.70 bits per heavy atom. The first kappa shape index (κ1) is 23.0. The van der Waals surface area contributed by atoms with E-state index < -0.39 is 0 Å². The highest BCUT2D eigenvalue weighted by atomic mass is 16.6. The normalized spacial score (nSPS) is 24.9. The molecule has 30 heavy (non-hydrogen) atoms. The van der Waals surface area contributed by atoms with Gasteiger partial charge in [0.2, 0.25) is 0 Å². The largest absolute Gasteiger partial charge is 0.493 e. The molecule has 168 valence electrons. The number of aliphatic hydroxyl groups excluding tert-OH is 1. The van der Waals surface area contributed by atoms with Crippen LogP contribution in [0.3, 0.4) is 0 Å². The minimum atomic E-state index is -0.315. The van der Waals surface area contributed by atoms with Crippen molar-refractivity contribution in [2.24, 2.45) is 0 Å². The fourth-order valence-electron chi connectivity index (χ4n) is 4.45. The Kier molecular flexibility index (Phi) is 8.50. The van der Waals surface area contributed by atoms with E-state index in [2.05, 4.69) is 4.90 Å². The van der Waals surface area contributed by atoms with Crippen LogP contribution in [0, 0.1) is 0 Å². The maximum atomic E-state index is 11.9. The minimum absolute atomic E-state index is 0.189. The number of esters is 1. The van der Waals surface area contributed by atoms with Gasteiger partial charge in [-0.3, -0.25) is 14.6 Å². The van der Waals surface area contributed by atoms with Gasteiger partial charge in [0.15, 0.2) is 11.5 Å². The van der Waals surface area contributed by atoms with Crippen LogP contribution in [0.1, 0.15) is 37.7 Å². The standard InChI is InChI=1S/C23H36N2O5/c1-24(2)16-23(27)30-21-9-8-17(14-22(21)28-3)11-13-29-20-7-5-4-6-19(20)25-12-10-18(26)15-25/h8-9,14,18-20,26H,4-7,10-13,15-16H2,1-3H3/t18?,19-,20-/m1/s1. The number of methoxy groups -OCH3 is 1. The van der Waals surface area contributed by atoms with E-state index in [1.807, 2.05) is 26.2 Å². The number of rotatable bonds is 9. The van der Waals surface area contributed by atoms with Crippen molar-refractivity contribution in [3.8, 4) is 11.5 Å². The van der Waals surface area contributed by atoms with Crippen molar-refractivity contribution >= 4 is 5.97 Å². The zero-order chi connectivity index (χ0) is 21.5. The van der Waals surface area contributed by atoms with Crippen LogP contribution in [-0.4, -0.2) is 86.6 Å². The van der Waals surface area contributed by atoms with Crippen molar-refractivity contribution in [2.45, 2.75) is 56.8 Å². The van der Waals surface area contributed by atoms with Gasteiger partial charge in [-0.1, -0.05) is 18.9 Å². The molecule has 7 nitrogen and oxygen atoms in total. The van der Waals surface area contributed by atoms with Crippen molar-refractivity contribution in [3.05, 3.63) is 23.8 Å². The Labute approximate surface area is 179 Å². The summed E-state index contributed by atoms with van der Waals surface area (Å²) in [6, 6.07) is 6.08. The summed E-state index contributed by atoms with van der Waals surface area (Å²) < 4.78 is 17.1. The molecule has 0 bridgehead atoms. The summed E-state index contributed by atoms with van der Waals surface area (Å²) in [7, 11) is 5.23. The molecule has 0 radical (unpaired) electrons. The van der Waals surface area contributed by atoms with Crippen LogP contribution in [0.25, 0.3) is 0 Å². The van der Waals surface area contributed by atoms with Gasteiger partial charge >= 0.3 is 5.97 Å². The van der Waals surface area contributed by atoms with Crippen molar-refractivity contribution < 1.29 is 24.1 Å². The Bertz CT molecular complexity index is 696. The average Bonchev–Trinajstić information content (AvgIpc) is 3.15. The zero-order valence-electron chi connectivity index (χ0n) is 18.5. The third kappa shape index (κ3) is 6.41. The number of aliphatic hydroxyl groups is 1. The molecule has 0 aromatic heterocycles. The SMILES string of the molecule is COc1cc(CCO[C@@H]2CCCC[C@H]2N2CCC(O)C2)ccc1OC(=O)CN(C)C. The number of nitrogens with zero attached hydrogens (tertiary/aromatic N) is 2. The van der Waals surface area contributed by atoms with E-state index in [4.69, 9.17) is 14.2 Å². The molecular formula is C23H36N2O5. The number of likely N-dealkylation sites (N-methyl/N-ethyl adjacent to an activating group) is 1. The second-order valence-electron chi connectivity index (χ2n) is 8.65. The Hall–Kier alpha value is -1.67. The fraction of sp³-hybridized carbons (Fsp3) is 0.696. The van der Waals surface area contributed by atoms with Crippen LogP contribution in [0.5, 0.6) is 11.5 Å². The monoisotopic (exact) mass is 420 g/mol. The predicted molar refractivity (Wildman–Crippen MR) is 115 cm³/mol. The van der Waals surface area contributed by atoms with Crippen LogP contribution in [0.2, 0.25) is 0 Å². The third-order valence-electron chi connectivity index (χ3n) is 5.95. The van der Waals surface area contributed by atoms with Gasteiger partial charge in [-0.05, 0) is 57.5 Å². The number of hydrogen-bond acceptors (Lipinski definition) is 7. The van der Waals surface area contributed by atoms with Gasteiger partial charge in [0, 0.05) is 19.1 Å². The van der Waals surface area contributed by atoms with Gasteiger partial charge in [0.1, 0.15) is 0 Å². The molecule has 1 saturated carbocycles. The first-order valence-corrected chi connectivity index (χ1v) is 11.0. The number of β-amino-alcohol motifs (C(OH)–C–C–N with tert-alkyl or cyclic N) is 1. The summed E-state index contributed by atoms with van der Waals surface area (Å²) in [5, 5.41) is 9.88.